The van der Waals surface area contributed by atoms with Crippen molar-refractivity contribution < 1.29 is 14.3 Å². The molecule has 24 heavy (non-hydrogen) atoms. The van der Waals surface area contributed by atoms with Gasteiger partial charge in [0.15, 0.2) is 6.10 Å². The lowest BCUT2D eigenvalue weighted by atomic mass is 9.99. The number of thiophene rings is 1. The highest BCUT2D eigenvalue weighted by molar-refractivity contribution is 7.14. The summed E-state index contributed by atoms with van der Waals surface area (Å²) in [4.78, 5) is 26.3. The number of carbonyl (C=O) groups is 2. The Hall–Kier alpha value is -2.34. The molecule has 4 rings (SSSR count). The maximum Gasteiger partial charge on any atom is 0.265 e. The number of ether oxygens (including phenoxy) is 1. The van der Waals surface area contributed by atoms with Gasteiger partial charge in [-0.3, -0.25) is 9.59 Å². The van der Waals surface area contributed by atoms with Gasteiger partial charge in [-0.25, -0.2) is 0 Å². The number of fused-ring (bicyclic) bond motifs is 2. The Kier molecular flexibility index (Phi) is 3.76. The third kappa shape index (κ3) is 2.78. The quantitative estimate of drug-likeness (QED) is 0.876. The smallest absolute Gasteiger partial charge is 0.265 e. The second kappa shape index (κ2) is 5.94. The summed E-state index contributed by atoms with van der Waals surface area (Å²) < 4.78 is 5.52. The summed E-state index contributed by atoms with van der Waals surface area (Å²) in [6.07, 6.45) is 4.05. The molecule has 1 aliphatic heterocycles. The molecule has 0 bridgehead atoms. The molecule has 1 aromatic heterocycles. The predicted octanol–water partition coefficient (Wildman–Crippen LogP) is 3.60. The molecule has 2 amide bonds. The highest BCUT2D eigenvalue weighted by Crippen LogP contribution is 2.33. The van der Waals surface area contributed by atoms with Crippen LogP contribution in [0.4, 0.5) is 11.4 Å². The standard InChI is InChI=1S/C18H18N2O3S/c1-10-17(21)20-13-9-12(6-7-14(13)23-10)19-18(22)16-8-11-4-2-3-5-15(11)24-16/h6-10H,2-5H2,1H3,(H,19,22)(H,20,21). The van der Waals surface area contributed by atoms with Gasteiger partial charge in [-0.1, -0.05) is 0 Å². The number of aryl methyl sites for hydroxylation is 2. The van der Waals surface area contributed by atoms with Crippen LogP contribution < -0.4 is 15.4 Å². The topological polar surface area (TPSA) is 67.4 Å². The molecule has 0 radical (unpaired) electrons. The van der Waals surface area contributed by atoms with Crippen LogP contribution in [0.15, 0.2) is 24.3 Å². The number of carbonyl (C=O) groups excluding carboxylic acids is 2. The zero-order valence-electron chi connectivity index (χ0n) is 13.3. The van der Waals surface area contributed by atoms with Crippen molar-refractivity contribution in [1.29, 1.82) is 0 Å². The Bertz CT molecular complexity index is 804. The molecule has 2 aromatic rings. The van der Waals surface area contributed by atoms with Gasteiger partial charge in [-0.2, -0.15) is 0 Å². The fraction of sp³-hybridized carbons (Fsp3) is 0.333. The van der Waals surface area contributed by atoms with E-state index in [1.807, 2.05) is 6.07 Å². The van der Waals surface area contributed by atoms with Gasteiger partial charge in [0.05, 0.1) is 10.6 Å². The lowest BCUT2D eigenvalue weighted by Crippen LogP contribution is -2.34. The van der Waals surface area contributed by atoms with Crippen LogP contribution in [0, 0.1) is 0 Å². The maximum absolute atomic E-state index is 12.5. The number of rotatable bonds is 2. The van der Waals surface area contributed by atoms with Crippen LogP contribution in [0.5, 0.6) is 5.75 Å². The van der Waals surface area contributed by atoms with E-state index in [-0.39, 0.29) is 11.8 Å². The van der Waals surface area contributed by atoms with E-state index in [0.29, 0.717) is 17.1 Å². The lowest BCUT2D eigenvalue weighted by Gasteiger charge is -2.23. The highest BCUT2D eigenvalue weighted by Gasteiger charge is 2.24. The molecule has 1 aliphatic carbocycles. The van der Waals surface area contributed by atoms with Crippen LogP contribution in [0.3, 0.4) is 0 Å². The Balaban J connectivity index is 1.53. The molecule has 0 fully saturated rings. The minimum Gasteiger partial charge on any atom is -0.479 e. The molecule has 1 unspecified atom stereocenters. The molecule has 2 aliphatic rings. The molecular weight excluding hydrogens is 324 g/mol. The van der Waals surface area contributed by atoms with E-state index in [2.05, 4.69) is 10.6 Å². The summed E-state index contributed by atoms with van der Waals surface area (Å²) in [6, 6.07) is 7.29. The molecule has 0 saturated heterocycles. The molecule has 2 N–H and O–H groups in total. The summed E-state index contributed by atoms with van der Waals surface area (Å²) in [7, 11) is 0. The zero-order chi connectivity index (χ0) is 16.7. The monoisotopic (exact) mass is 342 g/mol. The number of nitrogens with one attached hydrogen (secondary N) is 2. The fourth-order valence-corrected chi connectivity index (χ4v) is 4.23. The number of benzene rings is 1. The van der Waals surface area contributed by atoms with Crippen LogP contribution >= 0.6 is 11.3 Å². The first-order chi connectivity index (χ1) is 11.6. The minimum atomic E-state index is -0.504. The molecule has 124 valence electrons. The van der Waals surface area contributed by atoms with E-state index in [4.69, 9.17) is 4.74 Å². The van der Waals surface area contributed by atoms with Gasteiger partial charge in [-0.15, -0.1) is 11.3 Å². The van der Waals surface area contributed by atoms with Gasteiger partial charge in [0.2, 0.25) is 0 Å². The number of amides is 2. The van der Waals surface area contributed by atoms with Crippen molar-refractivity contribution >= 4 is 34.5 Å². The number of anilines is 2. The van der Waals surface area contributed by atoms with Crippen molar-refractivity contribution in [3.8, 4) is 5.75 Å². The van der Waals surface area contributed by atoms with E-state index in [1.54, 1.807) is 36.5 Å². The normalized spacial score (nSPS) is 18.9. The SMILES string of the molecule is CC1Oc2ccc(NC(=O)c3cc4c(s3)CCCC4)cc2NC1=O. The summed E-state index contributed by atoms with van der Waals surface area (Å²) >= 11 is 1.59. The van der Waals surface area contributed by atoms with Gasteiger partial charge in [0.1, 0.15) is 5.75 Å². The van der Waals surface area contributed by atoms with Crippen molar-refractivity contribution in [2.75, 3.05) is 10.6 Å². The van der Waals surface area contributed by atoms with Crippen LogP contribution in [-0.2, 0) is 17.6 Å². The van der Waals surface area contributed by atoms with Crippen LogP contribution in [-0.4, -0.2) is 17.9 Å². The molecule has 5 nitrogen and oxygen atoms in total. The van der Waals surface area contributed by atoms with E-state index < -0.39 is 6.10 Å². The minimum absolute atomic E-state index is 0.106. The Morgan fingerprint density at radius 2 is 2.12 bits per heavy atom. The van der Waals surface area contributed by atoms with E-state index in [0.717, 1.165) is 17.7 Å². The summed E-state index contributed by atoms with van der Waals surface area (Å²) in [5, 5.41) is 5.70. The largest absolute Gasteiger partial charge is 0.479 e. The van der Waals surface area contributed by atoms with Crippen molar-refractivity contribution in [2.45, 2.75) is 38.7 Å². The van der Waals surface area contributed by atoms with Gasteiger partial charge >= 0.3 is 0 Å². The molecule has 1 atom stereocenters. The van der Waals surface area contributed by atoms with Crippen LogP contribution in [0.1, 0.15) is 39.9 Å². The van der Waals surface area contributed by atoms with Gasteiger partial charge in [0, 0.05) is 10.6 Å². The molecule has 0 spiro atoms. The van der Waals surface area contributed by atoms with Gasteiger partial charge in [-0.05, 0) is 62.4 Å². The Labute approximate surface area is 144 Å². The summed E-state index contributed by atoms with van der Waals surface area (Å²) in [5.74, 6) is 0.328. The third-order valence-electron chi connectivity index (χ3n) is 4.39. The van der Waals surface area contributed by atoms with Crippen LogP contribution in [0.25, 0.3) is 0 Å². The van der Waals surface area contributed by atoms with Crippen LogP contribution in [0.2, 0.25) is 0 Å². The Morgan fingerprint density at radius 1 is 1.29 bits per heavy atom. The van der Waals surface area contributed by atoms with Crippen molar-refractivity contribution in [3.63, 3.8) is 0 Å². The van der Waals surface area contributed by atoms with Crippen molar-refractivity contribution in [2.24, 2.45) is 0 Å². The van der Waals surface area contributed by atoms with Crippen molar-refractivity contribution in [3.05, 3.63) is 39.6 Å². The lowest BCUT2D eigenvalue weighted by molar-refractivity contribution is -0.122. The first kappa shape index (κ1) is 15.2. The molecular formula is C18H18N2O3S. The summed E-state index contributed by atoms with van der Waals surface area (Å²) in [5.41, 5.74) is 2.54. The second-order valence-electron chi connectivity index (χ2n) is 6.18. The van der Waals surface area contributed by atoms with Gasteiger partial charge in [0.25, 0.3) is 11.8 Å². The zero-order valence-corrected chi connectivity index (χ0v) is 14.2. The fourth-order valence-electron chi connectivity index (χ4n) is 3.08. The molecule has 6 heteroatoms. The number of hydrogen-bond donors (Lipinski definition) is 2. The highest BCUT2D eigenvalue weighted by atomic mass is 32.1. The molecule has 1 aromatic carbocycles. The average molecular weight is 342 g/mol. The second-order valence-corrected chi connectivity index (χ2v) is 7.32. The predicted molar refractivity (Wildman–Crippen MR) is 94.1 cm³/mol. The van der Waals surface area contributed by atoms with E-state index in [9.17, 15) is 9.59 Å². The molecule has 2 heterocycles. The average Bonchev–Trinajstić information content (AvgIpc) is 3.00. The third-order valence-corrected chi connectivity index (χ3v) is 5.62. The summed E-state index contributed by atoms with van der Waals surface area (Å²) in [6.45, 7) is 1.70. The van der Waals surface area contributed by atoms with Crippen molar-refractivity contribution in [1.82, 2.24) is 0 Å². The first-order valence-electron chi connectivity index (χ1n) is 8.14. The maximum atomic E-state index is 12.5. The van der Waals surface area contributed by atoms with E-state index in [1.165, 1.54) is 23.3 Å². The Morgan fingerprint density at radius 3 is 2.96 bits per heavy atom. The first-order valence-corrected chi connectivity index (χ1v) is 8.96. The van der Waals surface area contributed by atoms with E-state index >= 15 is 0 Å². The van der Waals surface area contributed by atoms with Gasteiger partial charge < -0.3 is 15.4 Å². The number of hydrogen-bond acceptors (Lipinski definition) is 4. The molecule has 0 saturated carbocycles.